The van der Waals surface area contributed by atoms with Crippen LogP contribution in [0.5, 0.6) is 0 Å². The Morgan fingerprint density at radius 2 is 1.74 bits per heavy atom. The molecular formula is C21H25N3O3. The lowest BCUT2D eigenvalue weighted by atomic mass is 9.79. The van der Waals surface area contributed by atoms with Gasteiger partial charge in [-0.1, -0.05) is 12.1 Å². The third kappa shape index (κ3) is 3.37. The van der Waals surface area contributed by atoms with Crippen molar-refractivity contribution in [2.45, 2.75) is 31.8 Å². The number of hydrogen-bond acceptors (Lipinski definition) is 4. The number of rotatable bonds is 4. The van der Waals surface area contributed by atoms with Gasteiger partial charge in [-0.05, 0) is 63.0 Å². The van der Waals surface area contributed by atoms with E-state index in [0.29, 0.717) is 29.0 Å². The predicted molar refractivity (Wildman–Crippen MR) is 103 cm³/mol. The minimum absolute atomic E-state index is 0.132. The fourth-order valence-electron chi connectivity index (χ4n) is 4.31. The Kier molecular flexibility index (Phi) is 4.74. The summed E-state index contributed by atoms with van der Waals surface area (Å²) in [6.07, 6.45) is 2.30. The molecule has 4 heterocycles. The van der Waals surface area contributed by atoms with Crippen LogP contribution in [0.2, 0.25) is 0 Å². The van der Waals surface area contributed by atoms with Crippen LogP contribution in [0.3, 0.4) is 0 Å². The van der Waals surface area contributed by atoms with Crippen molar-refractivity contribution < 1.29 is 14.0 Å². The quantitative estimate of drug-likeness (QED) is 0.871. The Labute approximate surface area is 158 Å². The maximum absolute atomic E-state index is 12.7. The predicted octanol–water partition coefficient (Wildman–Crippen LogP) is 2.52. The Bertz CT molecular complexity index is 833. The number of benzene rings is 1. The highest BCUT2D eigenvalue weighted by Gasteiger charge is 2.40. The van der Waals surface area contributed by atoms with Crippen LogP contribution >= 0.6 is 0 Å². The smallest absolute Gasteiger partial charge is 0.287 e. The largest absolute Gasteiger partial charge is 0.451 e. The lowest BCUT2D eigenvalue weighted by Gasteiger charge is -2.49. The molecule has 0 spiro atoms. The molecule has 27 heavy (non-hydrogen) atoms. The van der Waals surface area contributed by atoms with Crippen LogP contribution in [0.4, 0.5) is 0 Å². The molecule has 0 radical (unpaired) electrons. The van der Waals surface area contributed by atoms with Crippen LogP contribution in [0.1, 0.15) is 40.7 Å². The third-order valence-electron chi connectivity index (χ3n) is 5.96. The SMILES string of the molecule is CNC(=O)c1ccc(-c2ccc(C(=O)NC3C4CCN(CC4)C3C)o2)cc1. The van der Waals surface area contributed by atoms with Crippen molar-refractivity contribution in [3.8, 4) is 11.3 Å². The van der Waals surface area contributed by atoms with Crippen molar-refractivity contribution in [3.63, 3.8) is 0 Å². The zero-order valence-electron chi connectivity index (χ0n) is 15.7. The van der Waals surface area contributed by atoms with E-state index >= 15 is 0 Å². The molecule has 3 saturated heterocycles. The molecule has 3 aliphatic heterocycles. The number of hydrogen-bond donors (Lipinski definition) is 2. The molecule has 1 aromatic carbocycles. The highest BCUT2D eigenvalue weighted by atomic mass is 16.3. The van der Waals surface area contributed by atoms with Gasteiger partial charge in [-0.15, -0.1) is 0 Å². The molecule has 6 nitrogen and oxygen atoms in total. The van der Waals surface area contributed by atoms with Crippen LogP contribution < -0.4 is 10.6 Å². The Hall–Kier alpha value is -2.60. The molecule has 2 atom stereocenters. The number of furan rings is 1. The molecule has 2 unspecified atom stereocenters. The van der Waals surface area contributed by atoms with E-state index in [4.69, 9.17) is 4.42 Å². The molecule has 0 saturated carbocycles. The minimum atomic E-state index is -0.158. The van der Waals surface area contributed by atoms with Gasteiger partial charge in [0.1, 0.15) is 5.76 Å². The second-order valence-corrected chi connectivity index (χ2v) is 7.43. The van der Waals surface area contributed by atoms with E-state index in [1.54, 1.807) is 31.3 Å². The summed E-state index contributed by atoms with van der Waals surface area (Å²) in [6.45, 7) is 4.46. The van der Waals surface area contributed by atoms with E-state index in [9.17, 15) is 9.59 Å². The first-order valence-corrected chi connectivity index (χ1v) is 9.54. The third-order valence-corrected chi connectivity index (χ3v) is 5.96. The van der Waals surface area contributed by atoms with Gasteiger partial charge in [-0.3, -0.25) is 14.5 Å². The van der Waals surface area contributed by atoms with Gasteiger partial charge in [-0.25, -0.2) is 0 Å². The van der Waals surface area contributed by atoms with Crippen LogP contribution in [0.25, 0.3) is 11.3 Å². The maximum atomic E-state index is 12.7. The molecule has 2 aromatic rings. The van der Waals surface area contributed by atoms with Crippen LogP contribution in [0, 0.1) is 5.92 Å². The van der Waals surface area contributed by atoms with Gasteiger partial charge in [0.25, 0.3) is 11.8 Å². The minimum Gasteiger partial charge on any atom is -0.451 e. The van der Waals surface area contributed by atoms with Gasteiger partial charge in [0.05, 0.1) is 0 Å². The fourth-order valence-corrected chi connectivity index (χ4v) is 4.31. The van der Waals surface area contributed by atoms with Crippen LogP contribution in [0.15, 0.2) is 40.8 Å². The Morgan fingerprint density at radius 1 is 1.04 bits per heavy atom. The summed E-state index contributed by atoms with van der Waals surface area (Å²) in [4.78, 5) is 26.8. The summed E-state index contributed by atoms with van der Waals surface area (Å²) < 4.78 is 5.79. The standard InChI is InChI=1S/C21H25N3O3/c1-13-19(15-9-11-24(13)12-10-15)23-21(26)18-8-7-17(27-18)14-3-5-16(6-4-14)20(25)22-2/h3-8,13,15,19H,9-12H2,1-2H3,(H,22,25)(H,23,26). The normalized spacial score (nSPS) is 26.6. The van der Waals surface area contributed by atoms with Crippen molar-refractivity contribution in [1.82, 2.24) is 15.5 Å². The number of piperidine rings is 3. The Morgan fingerprint density at radius 3 is 2.37 bits per heavy atom. The Balaban J connectivity index is 1.46. The van der Waals surface area contributed by atoms with Gasteiger partial charge in [-0.2, -0.15) is 0 Å². The van der Waals surface area contributed by atoms with E-state index in [1.807, 2.05) is 12.1 Å². The molecule has 2 amide bonds. The van der Waals surface area contributed by atoms with Crippen molar-refractivity contribution in [1.29, 1.82) is 0 Å². The van der Waals surface area contributed by atoms with Crippen molar-refractivity contribution in [2.75, 3.05) is 20.1 Å². The zero-order chi connectivity index (χ0) is 19.0. The van der Waals surface area contributed by atoms with Crippen molar-refractivity contribution >= 4 is 11.8 Å². The maximum Gasteiger partial charge on any atom is 0.287 e. The second kappa shape index (κ2) is 7.19. The molecule has 142 valence electrons. The first kappa shape index (κ1) is 17.8. The van der Waals surface area contributed by atoms with Gasteiger partial charge in [0.15, 0.2) is 5.76 Å². The summed E-state index contributed by atoms with van der Waals surface area (Å²) in [5.74, 6) is 1.21. The second-order valence-electron chi connectivity index (χ2n) is 7.43. The fraction of sp³-hybridized carbons (Fsp3) is 0.429. The summed E-state index contributed by atoms with van der Waals surface area (Å²) >= 11 is 0. The average molecular weight is 367 g/mol. The summed E-state index contributed by atoms with van der Waals surface area (Å²) in [5, 5.41) is 5.78. The van der Waals surface area contributed by atoms with Gasteiger partial charge >= 0.3 is 0 Å². The summed E-state index contributed by atoms with van der Waals surface area (Å²) in [5.41, 5.74) is 1.42. The number of amides is 2. The number of carbonyl (C=O) groups excluding carboxylic acids is 2. The highest BCUT2D eigenvalue weighted by Crippen LogP contribution is 2.32. The summed E-state index contributed by atoms with van der Waals surface area (Å²) in [6, 6.07) is 11.2. The molecule has 6 heteroatoms. The molecule has 2 N–H and O–H groups in total. The number of nitrogens with zero attached hydrogens (tertiary/aromatic N) is 1. The van der Waals surface area contributed by atoms with E-state index in [0.717, 1.165) is 31.5 Å². The van der Waals surface area contributed by atoms with Gasteiger partial charge in [0.2, 0.25) is 0 Å². The highest BCUT2D eigenvalue weighted by molar-refractivity contribution is 5.94. The molecule has 5 rings (SSSR count). The number of nitrogens with one attached hydrogen (secondary N) is 2. The molecule has 3 aliphatic rings. The van der Waals surface area contributed by atoms with E-state index in [2.05, 4.69) is 22.5 Å². The zero-order valence-corrected chi connectivity index (χ0v) is 15.7. The molecule has 0 aliphatic carbocycles. The van der Waals surface area contributed by atoms with Crippen molar-refractivity contribution in [2.24, 2.45) is 5.92 Å². The first-order chi connectivity index (χ1) is 13.1. The molecule has 1 aromatic heterocycles. The lowest BCUT2D eigenvalue weighted by Crippen LogP contribution is -2.62. The molecule has 2 bridgehead atoms. The first-order valence-electron chi connectivity index (χ1n) is 9.54. The lowest BCUT2D eigenvalue weighted by molar-refractivity contribution is 0.0211. The monoisotopic (exact) mass is 367 g/mol. The van der Waals surface area contributed by atoms with Gasteiger partial charge in [0, 0.05) is 30.3 Å². The van der Waals surface area contributed by atoms with Gasteiger partial charge < -0.3 is 15.1 Å². The topological polar surface area (TPSA) is 74.6 Å². The van der Waals surface area contributed by atoms with E-state index < -0.39 is 0 Å². The molecular weight excluding hydrogens is 342 g/mol. The van der Waals surface area contributed by atoms with E-state index in [1.165, 1.54) is 0 Å². The summed E-state index contributed by atoms with van der Waals surface area (Å²) in [7, 11) is 1.60. The van der Waals surface area contributed by atoms with Crippen molar-refractivity contribution in [3.05, 3.63) is 47.7 Å². The number of fused-ring (bicyclic) bond motifs is 3. The molecule has 3 fully saturated rings. The van der Waals surface area contributed by atoms with Crippen LogP contribution in [-0.4, -0.2) is 48.9 Å². The van der Waals surface area contributed by atoms with Crippen LogP contribution in [-0.2, 0) is 0 Å². The van der Waals surface area contributed by atoms with E-state index in [-0.39, 0.29) is 17.9 Å². The number of carbonyl (C=O) groups is 2. The average Bonchev–Trinajstić information content (AvgIpc) is 3.21.